The van der Waals surface area contributed by atoms with Gasteiger partial charge in [0.15, 0.2) is 15.6 Å². The van der Waals surface area contributed by atoms with Gasteiger partial charge in [-0.2, -0.15) is 0 Å². The fraction of sp³-hybridized carbons (Fsp3) is 0.176. The lowest BCUT2D eigenvalue weighted by atomic mass is 10.1. The van der Waals surface area contributed by atoms with Crippen molar-refractivity contribution in [2.24, 2.45) is 0 Å². The van der Waals surface area contributed by atoms with Gasteiger partial charge in [0.1, 0.15) is 6.61 Å². The predicted molar refractivity (Wildman–Crippen MR) is 84.7 cm³/mol. The van der Waals surface area contributed by atoms with Gasteiger partial charge in [0, 0.05) is 0 Å². The maximum absolute atomic E-state index is 12.3. The maximum atomic E-state index is 12.3. The number of ether oxygens (including phenoxy) is 1. The van der Waals surface area contributed by atoms with E-state index in [1.165, 1.54) is 19.1 Å². The molecule has 0 amide bonds. The lowest BCUT2D eigenvalue weighted by Gasteiger charge is -2.06. The highest BCUT2D eigenvalue weighted by Gasteiger charge is 2.15. The lowest BCUT2D eigenvalue weighted by molar-refractivity contribution is -0.120. The van der Waals surface area contributed by atoms with Crippen molar-refractivity contribution >= 4 is 21.6 Å². The number of rotatable bonds is 6. The number of hydrogen-bond donors (Lipinski definition) is 0. The smallest absolute Gasteiger partial charge is 0.338 e. The molecule has 0 fully saturated rings. The van der Waals surface area contributed by atoms with Crippen molar-refractivity contribution in [1.82, 2.24) is 0 Å². The van der Waals surface area contributed by atoms with Crippen LogP contribution in [0.5, 0.6) is 0 Å². The van der Waals surface area contributed by atoms with Crippen LogP contribution in [0, 0.1) is 0 Å². The van der Waals surface area contributed by atoms with Gasteiger partial charge in [-0.1, -0.05) is 30.3 Å². The Labute approximate surface area is 134 Å². The normalized spacial score (nSPS) is 11.0. The zero-order chi connectivity index (χ0) is 16.9. The molecule has 0 saturated heterocycles. The van der Waals surface area contributed by atoms with Gasteiger partial charge in [-0.3, -0.25) is 4.79 Å². The van der Waals surface area contributed by atoms with Crippen LogP contribution in [0.2, 0.25) is 0 Å². The van der Waals surface area contributed by atoms with Crippen LogP contribution in [0.1, 0.15) is 22.8 Å². The molecule has 2 rings (SSSR count). The second kappa shape index (κ2) is 7.19. The Bertz CT molecular complexity index is 793. The standard InChI is InChI=1S/C17H16O5S/c1-13(18)11-22-17(19)15-9-7-14(8-10-15)12-23(20,21)16-5-3-2-4-6-16/h2-10H,11-12H2,1H3. The minimum Gasteiger partial charge on any atom is -0.454 e. The summed E-state index contributed by atoms with van der Waals surface area (Å²) in [5, 5.41) is 0. The molecule has 2 aromatic carbocycles. The predicted octanol–water partition coefficient (Wildman–Crippen LogP) is 2.41. The SMILES string of the molecule is CC(=O)COC(=O)c1ccc(CS(=O)(=O)c2ccccc2)cc1. The van der Waals surface area contributed by atoms with Crippen molar-refractivity contribution in [3.8, 4) is 0 Å². The van der Waals surface area contributed by atoms with Crippen molar-refractivity contribution in [2.75, 3.05) is 6.61 Å². The minimum absolute atomic E-state index is 0.153. The zero-order valence-corrected chi connectivity index (χ0v) is 13.4. The number of Topliss-reactive ketones (excluding diaryl/α,β-unsaturated/α-hetero) is 1. The molecule has 0 spiro atoms. The molecule has 5 nitrogen and oxygen atoms in total. The van der Waals surface area contributed by atoms with E-state index >= 15 is 0 Å². The van der Waals surface area contributed by atoms with Crippen LogP contribution in [0.25, 0.3) is 0 Å². The molecule has 6 heteroatoms. The highest BCUT2D eigenvalue weighted by Crippen LogP contribution is 2.16. The van der Waals surface area contributed by atoms with E-state index in [1.54, 1.807) is 42.5 Å². The fourth-order valence-electron chi connectivity index (χ4n) is 1.92. The van der Waals surface area contributed by atoms with E-state index in [9.17, 15) is 18.0 Å². The number of hydrogen-bond acceptors (Lipinski definition) is 5. The van der Waals surface area contributed by atoms with Gasteiger partial charge in [0.05, 0.1) is 16.2 Å². The van der Waals surface area contributed by atoms with Gasteiger partial charge in [-0.25, -0.2) is 13.2 Å². The van der Waals surface area contributed by atoms with Crippen LogP contribution >= 0.6 is 0 Å². The summed E-state index contributed by atoms with van der Waals surface area (Å²) in [6.45, 7) is 1.05. The number of carbonyl (C=O) groups excluding carboxylic acids is 2. The molecule has 0 unspecified atom stereocenters. The van der Waals surface area contributed by atoms with E-state index in [4.69, 9.17) is 4.74 Å². The monoisotopic (exact) mass is 332 g/mol. The summed E-state index contributed by atoms with van der Waals surface area (Å²) in [7, 11) is -3.43. The molecular weight excluding hydrogens is 316 g/mol. The number of sulfone groups is 1. The quantitative estimate of drug-likeness (QED) is 0.759. The summed E-state index contributed by atoms with van der Waals surface area (Å²) in [4.78, 5) is 22.7. The first-order valence-corrected chi connectivity index (χ1v) is 8.57. The summed E-state index contributed by atoms with van der Waals surface area (Å²) in [5.74, 6) is -1.01. The zero-order valence-electron chi connectivity index (χ0n) is 12.6. The lowest BCUT2D eigenvalue weighted by Crippen LogP contribution is -2.11. The van der Waals surface area contributed by atoms with Crippen LogP contribution in [-0.4, -0.2) is 26.8 Å². The summed E-state index contributed by atoms with van der Waals surface area (Å²) in [5.41, 5.74) is 0.837. The van der Waals surface area contributed by atoms with Crippen LogP contribution in [0.3, 0.4) is 0 Å². The molecule has 0 saturated carbocycles. The third kappa shape index (κ3) is 4.75. The van der Waals surface area contributed by atoms with E-state index in [2.05, 4.69) is 0 Å². The molecule has 0 radical (unpaired) electrons. The maximum Gasteiger partial charge on any atom is 0.338 e. The van der Waals surface area contributed by atoms with Gasteiger partial charge in [0.25, 0.3) is 0 Å². The topological polar surface area (TPSA) is 77.5 Å². The Morgan fingerprint density at radius 2 is 1.57 bits per heavy atom. The first-order chi connectivity index (χ1) is 10.9. The molecule has 0 heterocycles. The number of benzene rings is 2. The van der Waals surface area contributed by atoms with E-state index in [0.29, 0.717) is 5.56 Å². The minimum atomic E-state index is -3.43. The highest BCUT2D eigenvalue weighted by molar-refractivity contribution is 7.90. The van der Waals surface area contributed by atoms with Gasteiger partial charge in [-0.15, -0.1) is 0 Å². The van der Waals surface area contributed by atoms with E-state index in [-0.39, 0.29) is 28.6 Å². The van der Waals surface area contributed by atoms with Crippen molar-refractivity contribution in [1.29, 1.82) is 0 Å². The fourth-order valence-corrected chi connectivity index (χ4v) is 3.29. The molecule has 0 aliphatic carbocycles. The second-order valence-corrected chi connectivity index (χ2v) is 7.04. The third-order valence-electron chi connectivity index (χ3n) is 3.06. The van der Waals surface area contributed by atoms with E-state index in [0.717, 1.165) is 0 Å². The molecular formula is C17H16O5S. The summed E-state index contributed by atoms with van der Waals surface area (Å²) < 4.78 is 29.3. The van der Waals surface area contributed by atoms with Crippen LogP contribution < -0.4 is 0 Å². The van der Waals surface area contributed by atoms with Gasteiger partial charge < -0.3 is 4.74 Å². The Kier molecular flexibility index (Phi) is 5.28. The Morgan fingerprint density at radius 3 is 2.13 bits per heavy atom. The molecule has 0 N–H and O–H groups in total. The highest BCUT2D eigenvalue weighted by atomic mass is 32.2. The molecule has 23 heavy (non-hydrogen) atoms. The largest absolute Gasteiger partial charge is 0.454 e. The average molecular weight is 332 g/mol. The van der Waals surface area contributed by atoms with Crippen LogP contribution in [-0.2, 0) is 25.1 Å². The molecule has 0 bridgehead atoms. The Morgan fingerprint density at radius 1 is 0.957 bits per heavy atom. The molecule has 0 aliphatic heterocycles. The number of esters is 1. The first-order valence-electron chi connectivity index (χ1n) is 6.92. The second-order valence-electron chi connectivity index (χ2n) is 5.05. The molecule has 0 aromatic heterocycles. The molecule has 0 atom stereocenters. The summed E-state index contributed by atoms with van der Waals surface area (Å²) >= 11 is 0. The average Bonchev–Trinajstić information content (AvgIpc) is 2.54. The molecule has 0 aliphatic rings. The summed E-state index contributed by atoms with van der Waals surface area (Å²) in [6.07, 6.45) is 0. The molecule has 2 aromatic rings. The van der Waals surface area contributed by atoms with E-state index in [1.807, 2.05) is 0 Å². The number of ketones is 1. The van der Waals surface area contributed by atoms with Crippen molar-refractivity contribution < 1.29 is 22.7 Å². The van der Waals surface area contributed by atoms with Crippen LogP contribution in [0.4, 0.5) is 0 Å². The van der Waals surface area contributed by atoms with Gasteiger partial charge >= 0.3 is 5.97 Å². The number of carbonyl (C=O) groups is 2. The van der Waals surface area contributed by atoms with Gasteiger partial charge in [-0.05, 0) is 36.8 Å². The van der Waals surface area contributed by atoms with Crippen molar-refractivity contribution in [3.63, 3.8) is 0 Å². The van der Waals surface area contributed by atoms with Crippen molar-refractivity contribution in [2.45, 2.75) is 17.6 Å². The Hall–Kier alpha value is -2.47. The van der Waals surface area contributed by atoms with E-state index < -0.39 is 15.8 Å². The summed E-state index contributed by atoms with van der Waals surface area (Å²) in [6, 6.07) is 14.3. The van der Waals surface area contributed by atoms with Gasteiger partial charge in [0.2, 0.25) is 0 Å². The molecule has 120 valence electrons. The van der Waals surface area contributed by atoms with Crippen molar-refractivity contribution in [3.05, 3.63) is 65.7 Å². The Balaban J connectivity index is 2.08. The first kappa shape index (κ1) is 16.9. The van der Waals surface area contributed by atoms with Crippen LogP contribution in [0.15, 0.2) is 59.5 Å². The third-order valence-corrected chi connectivity index (χ3v) is 4.76.